The highest BCUT2D eigenvalue weighted by Gasteiger charge is 2.23. The number of hydrogen-bond acceptors (Lipinski definition) is 3. The molecule has 1 aromatic heterocycles. The summed E-state index contributed by atoms with van der Waals surface area (Å²) in [6, 6.07) is 0.111. The number of nitrogens with one attached hydrogen (secondary N) is 1. The second kappa shape index (κ2) is 9.02. The van der Waals surface area contributed by atoms with Crippen molar-refractivity contribution in [2.24, 2.45) is 5.92 Å². The van der Waals surface area contributed by atoms with Crippen LogP contribution in [0.5, 0.6) is 0 Å². The van der Waals surface area contributed by atoms with E-state index in [1.807, 2.05) is 25.5 Å². The van der Waals surface area contributed by atoms with E-state index in [0.717, 1.165) is 12.1 Å². The van der Waals surface area contributed by atoms with Crippen LogP contribution in [0.2, 0.25) is 0 Å². The number of amides is 1. The molecule has 0 aromatic carbocycles. The molecule has 0 bridgehead atoms. The molecule has 1 unspecified atom stereocenters. The van der Waals surface area contributed by atoms with Crippen LogP contribution < -0.4 is 5.32 Å². The van der Waals surface area contributed by atoms with Crippen LogP contribution in [-0.4, -0.2) is 32.8 Å². The molecule has 1 saturated carbocycles. The fourth-order valence-electron chi connectivity index (χ4n) is 3.80. The Balaban J connectivity index is 2.03. The maximum Gasteiger partial charge on any atom is 0.303 e. The molecule has 25 heavy (non-hydrogen) atoms. The molecule has 1 aliphatic rings. The summed E-state index contributed by atoms with van der Waals surface area (Å²) in [5.74, 6) is -0.366. The highest BCUT2D eigenvalue weighted by molar-refractivity contribution is 5.95. The lowest BCUT2D eigenvalue weighted by molar-refractivity contribution is -0.137. The lowest BCUT2D eigenvalue weighted by Crippen LogP contribution is -2.37. The summed E-state index contributed by atoms with van der Waals surface area (Å²) in [6.45, 7) is 5.95. The van der Waals surface area contributed by atoms with E-state index >= 15 is 0 Å². The molecule has 2 N–H and O–H groups in total. The largest absolute Gasteiger partial charge is 0.481 e. The van der Waals surface area contributed by atoms with Gasteiger partial charge in [-0.05, 0) is 39.5 Å². The van der Waals surface area contributed by atoms with E-state index in [4.69, 9.17) is 5.11 Å². The molecule has 140 valence electrons. The van der Waals surface area contributed by atoms with Crippen LogP contribution in [0.4, 0.5) is 0 Å². The van der Waals surface area contributed by atoms with Gasteiger partial charge in [0.1, 0.15) is 0 Å². The third-order valence-electron chi connectivity index (χ3n) is 5.16. The zero-order valence-corrected chi connectivity index (χ0v) is 15.6. The van der Waals surface area contributed by atoms with Gasteiger partial charge in [0.25, 0.3) is 5.91 Å². The second-order valence-electron chi connectivity index (χ2n) is 7.52. The van der Waals surface area contributed by atoms with Crippen molar-refractivity contribution in [1.82, 2.24) is 15.1 Å². The predicted octanol–water partition coefficient (Wildman–Crippen LogP) is 3.71. The number of rotatable bonds is 8. The van der Waals surface area contributed by atoms with Crippen molar-refractivity contribution in [2.75, 3.05) is 0 Å². The molecule has 0 radical (unpaired) electrons. The number of aliphatic carboxylic acids is 1. The van der Waals surface area contributed by atoms with Crippen molar-refractivity contribution in [2.45, 2.75) is 84.2 Å². The van der Waals surface area contributed by atoms with Gasteiger partial charge in [0.2, 0.25) is 0 Å². The first-order valence-corrected chi connectivity index (χ1v) is 9.45. The summed E-state index contributed by atoms with van der Waals surface area (Å²) < 4.78 is 1.84. The van der Waals surface area contributed by atoms with Gasteiger partial charge in [-0.2, -0.15) is 5.10 Å². The summed E-state index contributed by atoms with van der Waals surface area (Å²) in [4.78, 5) is 23.6. The lowest BCUT2D eigenvalue weighted by atomic mass is 9.84. The molecule has 2 rings (SSSR count). The maximum atomic E-state index is 12.7. The highest BCUT2D eigenvalue weighted by atomic mass is 16.4. The summed E-state index contributed by atoms with van der Waals surface area (Å²) in [5.41, 5.74) is 1.43. The van der Waals surface area contributed by atoms with Crippen LogP contribution in [0.1, 0.15) is 87.3 Å². The van der Waals surface area contributed by atoms with Gasteiger partial charge in [-0.15, -0.1) is 0 Å². The fourth-order valence-corrected chi connectivity index (χ4v) is 3.80. The molecule has 6 nitrogen and oxygen atoms in total. The van der Waals surface area contributed by atoms with E-state index in [-0.39, 0.29) is 24.4 Å². The van der Waals surface area contributed by atoms with Crippen LogP contribution in [0, 0.1) is 12.8 Å². The van der Waals surface area contributed by atoms with Crippen molar-refractivity contribution >= 4 is 11.9 Å². The van der Waals surface area contributed by atoms with Crippen LogP contribution in [0.15, 0.2) is 6.20 Å². The molecular weight excluding hydrogens is 318 g/mol. The molecule has 1 amide bonds. The highest BCUT2D eigenvalue weighted by Crippen LogP contribution is 2.28. The van der Waals surface area contributed by atoms with Gasteiger partial charge in [-0.25, -0.2) is 0 Å². The summed E-state index contributed by atoms with van der Waals surface area (Å²) in [6.07, 6.45) is 9.19. The lowest BCUT2D eigenvalue weighted by Gasteiger charge is -2.27. The van der Waals surface area contributed by atoms with Gasteiger partial charge in [0.05, 0.1) is 11.8 Å². The third-order valence-corrected chi connectivity index (χ3v) is 5.16. The minimum Gasteiger partial charge on any atom is -0.481 e. The van der Waals surface area contributed by atoms with Crippen LogP contribution in [-0.2, 0) is 4.79 Å². The van der Waals surface area contributed by atoms with E-state index < -0.39 is 5.97 Å². The molecule has 1 atom stereocenters. The first-order chi connectivity index (χ1) is 11.9. The minimum absolute atomic E-state index is 0.0852. The average Bonchev–Trinajstić information content (AvgIpc) is 2.95. The van der Waals surface area contributed by atoms with Crippen LogP contribution in [0.3, 0.4) is 0 Å². The second-order valence-corrected chi connectivity index (χ2v) is 7.52. The predicted molar refractivity (Wildman–Crippen MR) is 96.7 cm³/mol. The van der Waals surface area contributed by atoms with Crippen molar-refractivity contribution in [3.05, 3.63) is 17.5 Å². The Hall–Kier alpha value is -1.85. The average molecular weight is 349 g/mol. The normalized spacial score (nSPS) is 16.8. The number of hydrogen-bond donors (Lipinski definition) is 2. The smallest absolute Gasteiger partial charge is 0.303 e. The quantitative estimate of drug-likeness (QED) is 0.749. The monoisotopic (exact) mass is 349 g/mol. The van der Waals surface area contributed by atoms with E-state index in [2.05, 4.69) is 10.4 Å². The Morgan fingerprint density at radius 2 is 2.00 bits per heavy atom. The standard InChI is InChI=1S/C19H31N3O3/c1-13(2)22-14(3)17(12-20-22)19(25)21-16(9-10-18(23)24)11-15-7-5-4-6-8-15/h12-13,15-16H,4-11H2,1-3H3,(H,21,25)(H,23,24). The number of carbonyl (C=O) groups excluding carboxylic acids is 1. The zero-order chi connectivity index (χ0) is 18.4. The molecule has 1 aliphatic carbocycles. The SMILES string of the molecule is Cc1c(C(=O)NC(CCC(=O)O)CC2CCCCC2)cnn1C(C)C. The van der Waals surface area contributed by atoms with E-state index in [9.17, 15) is 9.59 Å². The Morgan fingerprint density at radius 1 is 1.32 bits per heavy atom. The number of nitrogens with zero attached hydrogens (tertiary/aromatic N) is 2. The van der Waals surface area contributed by atoms with Crippen molar-refractivity contribution in [1.29, 1.82) is 0 Å². The van der Waals surface area contributed by atoms with Gasteiger partial charge < -0.3 is 10.4 Å². The third kappa shape index (κ3) is 5.58. The Kier molecular flexibility index (Phi) is 7.02. The Morgan fingerprint density at radius 3 is 2.56 bits per heavy atom. The van der Waals surface area contributed by atoms with Gasteiger partial charge >= 0.3 is 5.97 Å². The number of carbonyl (C=O) groups is 2. The minimum atomic E-state index is -0.813. The van der Waals surface area contributed by atoms with Gasteiger partial charge in [-0.1, -0.05) is 32.1 Å². The van der Waals surface area contributed by atoms with Crippen molar-refractivity contribution in [3.63, 3.8) is 0 Å². The van der Waals surface area contributed by atoms with Crippen molar-refractivity contribution in [3.8, 4) is 0 Å². The Labute approximate surface area is 150 Å². The summed E-state index contributed by atoms with van der Waals surface area (Å²) >= 11 is 0. The van der Waals surface area contributed by atoms with E-state index in [1.54, 1.807) is 6.20 Å². The summed E-state index contributed by atoms with van der Waals surface area (Å²) in [7, 11) is 0. The number of carboxylic acid groups (broad SMARTS) is 1. The maximum absolute atomic E-state index is 12.7. The molecule has 0 aliphatic heterocycles. The molecule has 1 heterocycles. The molecule has 1 aromatic rings. The number of aromatic nitrogens is 2. The van der Waals surface area contributed by atoms with Gasteiger partial charge in [-0.3, -0.25) is 14.3 Å². The first-order valence-electron chi connectivity index (χ1n) is 9.45. The fraction of sp³-hybridized carbons (Fsp3) is 0.737. The first kappa shape index (κ1) is 19.5. The van der Waals surface area contributed by atoms with Gasteiger partial charge in [0, 0.05) is 24.2 Å². The van der Waals surface area contributed by atoms with Gasteiger partial charge in [0.15, 0.2) is 0 Å². The number of carboxylic acids is 1. The molecule has 1 fully saturated rings. The molecule has 6 heteroatoms. The van der Waals surface area contributed by atoms with E-state index in [1.165, 1.54) is 32.1 Å². The van der Waals surface area contributed by atoms with Crippen LogP contribution in [0.25, 0.3) is 0 Å². The topological polar surface area (TPSA) is 84.2 Å². The zero-order valence-electron chi connectivity index (χ0n) is 15.6. The van der Waals surface area contributed by atoms with Crippen molar-refractivity contribution < 1.29 is 14.7 Å². The molecule has 0 spiro atoms. The Bertz CT molecular complexity index is 589. The molecular formula is C19H31N3O3. The summed E-state index contributed by atoms with van der Waals surface area (Å²) in [5, 5.41) is 16.4. The van der Waals surface area contributed by atoms with E-state index in [0.29, 0.717) is 17.9 Å². The van der Waals surface area contributed by atoms with Crippen LogP contribution >= 0.6 is 0 Å². The molecule has 0 saturated heterocycles.